The van der Waals surface area contributed by atoms with Gasteiger partial charge in [0, 0.05) is 0 Å². The first-order valence-electron chi connectivity index (χ1n) is 10.3. The Morgan fingerprint density at radius 1 is 1.25 bits per heavy atom. The predicted molar refractivity (Wildman–Crippen MR) is 121 cm³/mol. The van der Waals surface area contributed by atoms with Gasteiger partial charge in [-0.15, -0.1) is 0 Å². The summed E-state index contributed by atoms with van der Waals surface area (Å²) in [6.45, 7) is 1.22. The number of allylic oxidation sites excluding steroid dienone is 1. The maximum atomic E-state index is 13.5. The van der Waals surface area contributed by atoms with Crippen molar-refractivity contribution < 1.29 is 32.9 Å². The van der Waals surface area contributed by atoms with Gasteiger partial charge in [-0.25, -0.2) is 12.8 Å². The first-order valence-corrected chi connectivity index (χ1v) is 12.0. The van der Waals surface area contributed by atoms with Crippen molar-refractivity contribution in [1.29, 1.82) is 0 Å². The monoisotopic (exact) mass is 462 g/mol. The van der Waals surface area contributed by atoms with Gasteiger partial charge in [-0.3, -0.25) is 0 Å². The lowest BCUT2D eigenvalue weighted by Crippen LogP contribution is -2.29. The summed E-state index contributed by atoms with van der Waals surface area (Å²) in [5.74, 6) is -0.829. The highest BCUT2D eigenvalue weighted by molar-refractivity contribution is 7.92. The van der Waals surface area contributed by atoms with E-state index in [1.807, 2.05) is 13.0 Å². The van der Waals surface area contributed by atoms with Gasteiger partial charge in [0.2, 0.25) is 0 Å². The van der Waals surface area contributed by atoms with E-state index in [1.165, 1.54) is 12.1 Å². The van der Waals surface area contributed by atoms with Crippen molar-refractivity contribution in [2.75, 3.05) is 19.0 Å². The summed E-state index contributed by atoms with van der Waals surface area (Å²) in [4.78, 5) is 0. The minimum absolute atomic E-state index is 0.00768. The van der Waals surface area contributed by atoms with Crippen LogP contribution in [-0.2, 0) is 9.84 Å². The minimum atomic E-state index is -3.62. The standard InChI is InChI=1S/C24H27FO6S/c1-16(11-17-8-10-21(27)20(25)12-17)7-9-22(28)24-18(15-32(29,30)23(24)13-26)14-31-19-5-3-2-4-6-19/h2-6,8,10-12,22-23,26-28H,7,9,13-15H2,1H3/b16-11+/t22-,23+/m1/s1. The van der Waals surface area contributed by atoms with Crippen molar-refractivity contribution in [2.45, 2.75) is 31.1 Å². The number of aromatic hydroxyl groups is 1. The molecule has 2 atom stereocenters. The van der Waals surface area contributed by atoms with Crippen molar-refractivity contribution in [3.8, 4) is 11.5 Å². The molecule has 3 rings (SSSR count). The molecule has 1 heterocycles. The molecule has 0 bridgehead atoms. The number of phenolic OH excluding ortho intramolecular Hbond substituents is 1. The van der Waals surface area contributed by atoms with Crippen molar-refractivity contribution in [3.63, 3.8) is 0 Å². The number of phenols is 1. The number of hydrogen-bond acceptors (Lipinski definition) is 6. The molecule has 0 radical (unpaired) electrons. The quantitative estimate of drug-likeness (QED) is 0.495. The van der Waals surface area contributed by atoms with Gasteiger partial charge in [-0.2, -0.15) is 0 Å². The number of halogens is 1. The first kappa shape index (κ1) is 24.0. The fraction of sp³-hybridized carbons (Fsp3) is 0.333. The number of aliphatic hydroxyl groups excluding tert-OH is 2. The van der Waals surface area contributed by atoms with E-state index in [0.717, 1.165) is 5.57 Å². The molecule has 0 amide bonds. The van der Waals surface area contributed by atoms with Gasteiger partial charge < -0.3 is 20.1 Å². The smallest absolute Gasteiger partial charge is 0.165 e. The van der Waals surface area contributed by atoms with Crippen LogP contribution in [0.25, 0.3) is 6.08 Å². The molecule has 0 saturated heterocycles. The van der Waals surface area contributed by atoms with E-state index < -0.39 is 39.4 Å². The van der Waals surface area contributed by atoms with E-state index in [0.29, 0.717) is 28.9 Å². The van der Waals surface area contributed by atoms with E-state index in [4.69, 9.17) is 4.74 Å². The van der Waals surface area contributed by atoms with E-state index >= 15 is 0 Å². The third-order valence-electron chi connectivity index (χ3n) is 5.44. The Hall–Kier alpha value is -2.68. The molecular weight excluding hydrogens is 435 g/mol. The number of benzene rings is 2. The molecular formula is C24H27FO6S. The van der Waals surface area contributed by atoms with Crippen LogP contribution in [0, 0.1) is 5.82 Å². The topological polar surface area (TPSA) is 104 Å². The highest BCUT2D eigenvalue weighted by Gasteiger charge is 2.41. The molecule has 1 aliphatic heterocycles. The first-order chi connectivity index (χ1) is 15.2. The van der Waals surface area contributed by atoms with E-state index in [2.05, 4.69) is 0 Å². The molecule has 8 heteroatoms. The summed E-state index contributed by atoms with van der Waals surface area (Å²) in [5, 5.41) is 28.7. The summed E-state index contributed by atoms with van der Waals surface area (Å²) in [7, 11) is -3.62. The van der Waals surface area contributed by atoms with Crippen molar-refractivity contribution in [3.05, 3.63) is 76.6 Å². The molecule has 0 aromatic heterocycles. The van der Waals surface area contributed by atoms with E-state index in [9.17, 15) is 28.1 Å². The molecule has 0 aliphatic carbocycles. The molecule has 0 fully saturated rings. The average Bonchev–Trinajstić information content (AvgIpc) is 3.03. The van der Waals surface area contributed by atoms with Crippen molar-refractivity contribution in [2.24, 2.45) is 0 Å². The molecule has 0 spiro atoms. The SMILES string of the molecule is C/C(=C\c1ccc(O)c(F)c1)CC[C@@H](O)C1=C(COc2ccccc2)CS(=O)(=O)[C@H]1CO. The molecule has 172 valence electrons. The Morgan fingerprint density at radius 3 is 2.62 bits per heavy atom. The number of hydrogen-bond donors (Lipinski definition) is 3. The van der Waals surface area contributed by atoms with Crippen LogP contribution >= 0.6 is 0 Å². The fourth-order valence-corrected chi connectivity index (χ4v) is 5.69. The maximum Gasteiger partial charge on any atom is 0.165 e. The molecule has 0 saturated carbocycles. The van der Waals surface area contributed by atoms with E-state index in [1.54, 1.807) is 36.4 Å². The normalized spacial score (nSPS) is 19.2. The van der Waals surface area contributed by atoms with Gasteiger partial charge in [0.25, 0.3) is 0 Å². The molecule has 3 N–H and O–H groups in total. The number of sulfone groups is 1. The van der Waals surface area contributed by atoms with Crippen LogP contribution in [0.3, 0.4) is 0 Å². The van der Waals surface area contributed by atoms with Crippen LogP contribution in [0.4, 0.5) is 4.39 Å². The van der Waals surface area contributed by atoms with Gasteiger partial charge in [0.05, 0.1) is 18.5 Å². The van der Waals surface area contributed by atoms with Gasteiger partial charge in [-0.1, -0.05) is 35.9 Å². The number of rotatable bonds is 9. The van der Waals surface area contributed by atoms with Gasteiger partial charge >= 0.3 is 0 Å². The lowest BCUT2D eigenvalue weighted by atomic mass is 9.95. The third kappa shape index (κ3) is 5.76. The van der Waals surface area contributed by atoms with E-state index in [-0.39, 0.29) is 18.8 Å². The molecule has 6 nitrogen and oxygen atoms in total. The van der Waals surface area contributed by atoms with Crippen molar-refractivity contribution >= 4 is 15.9 Å². The molecule has 32 heavy (non-hydrogen) atoms. The molecule has 2 aromatic carbocycles. The zero-order valence-electron chi connectivity index (χ0n) is 17.7. The average molecular weight is 463 g/mol. The Morgan fingerprint density at radius 2 is 1.97 bits per heavy atom. The second kappa shape index (κ2) is 10.3. The zero-order chi connectivity index (χ0) is 23.3. The zero-order valence-corrected chi connectivity index (χ0v) is 18.6. The Labute approximate surface area is 187 Å². The number of aliphatic hydroxyl groups is 2. The van der Waals surface area contributed by atoms with Gasteiger partial charge in [-0.05, 0) is 60.7 Å². The van der Waals surface area contributed by atoms with Crippen molar-refractivity contribution in [1.82, 2.24) is 0 Å². The Bertz CT molecular complexity index is 1110. The van der Waals surface area contributed by atoms with Gasteiger partial charge in [0.1, 0.15) is 17.6 Å². The van der Waals surface area contributed by atoms with Crippen LogP contribution < -0.4 is 4.74 Å². The molecule has 0 unspecified atom stereocenters. The maximum absolute atomic E-state index is 13.5. The van der Waals surface area contributed by atoms with Crippen LogP contribution in [-0.4, -0.2) is 54.1 Å². The second-order valence-corrected chi connectivity index (χ2v) is 10.1. The van der Waals surface area contributed by atoms with Crippen LogP contribution in [0.5, 0.6) is 11.5 Å². The van der Waals surface area contributed by atoms with Crippen LogP contribution in [0.15, 0.2) is 65.3 Å². The van der Waals surface area contributed by atoms with Crippen LogP contribution in [0.1, 0.15) is 25.3 Å². The third-order valence-corrected chi connectivity index (χ3v) is 7.46. The summed E-state index contributed by atoms with van der Waals surface area (Å²) < 4.78 is 44.3. The summed E-state index contributed by atoms with van der Waals surface area (Å²) in [5.41, 5.74) is 2.17. The summed E-state index contributed by atoms with van der Waals surface area (Å²) >= 11 is 0. The highest BCUT2D eigenvalue weighted by Crippen LogP contribution is 2.32. The van der Waals surface area contributed by atoms with Crippen LogP contribution in [0.2, 0.25) is 0 Å². The fourth-order valence-electron chi connectivity index (χ4n) is 3.81. The highest BCUT2D eigenvalue weighted by atomic mass is 32.2. The largest absolute Gasteiger partial charge is 0.505 e. The number of para-hydroxylation sites is 1. The Balaban J connectivity index is 1.74. The summed E-state index contributed by atoms with van der Waals surface area (Å²) in [6, 6.07) is 13.0. The molecule has 1 aliphatic rings. The van der Waals surface area contributed by atoms with Gasteiger partial charge in [0.15, 0.2) is 21.4 Å². The summed E-state index contributed by atoms with van der Waals surface area (Å²) in [6.07, 6.45) is 1.33. The predicted octanol–water partition coefficient (Wildman–Crippen LogP) is 3.24. The molecule has 2 aromatic rings. The number of ether oxygens (including phenoxy) is 1. The second-order valence-electron chi connectivity index (χ2n) is 7.90. The Kier molecular flexibility index (Phi) is 7.71. The lowest BCUT2D eigenvalue weighted by Gasteiger charge is -2.19. The lowest BCUT2D eigenvalue weighted by molar-refractivity contribution is 0.187. The minimum Gasteiger partial charge on any atom is -0.505 e.